The fourth-order valence-electron chi connectivity index (χ4n) is 2.00. The molecule has 0 radical (unpaired) electrons. The third-order valence-corrected chi connectivity index (χ3v) is 2.89. The number of allylic oxidation sites excluding steroid dienone is 2. The molecule has 0 aliphatic heterocycles. The van der Waals surface area contributed by atoms with E-state index in [1.807, 2.05) is 6.08 Å². The van der Waals surface area contributed by atoms with Crippen molar-refractivity contribution in [3.63, 3.8) is 0 Å². The van der Waals surface area contributed by atoms with Gasteiger partial charge in [-0.3, -0.25) is 4.79 Å². The molecule has 0 aromatic carbocycles. The number of ketones is 1. The van der Waals surface area contributed by atoms with E-state index in [-0.39, 0.29) is 0 Å². The van der Waals surface area contributed by atoms with Crippen LogP contribution in [0.5, 0.6) is 0 Å². The van der Waals surface area contributed by atoms with Gasteiger partial charge in [0.2, 0.25) is 0 Å². The van der Waals surface area contributed by atoms with Gasteiger partial charge in [-0.15, -0.1) is 0 Å². The molecule has 0 aromatic heterocycles. The minimum absolute atomic E-state index is 0.355. The maximum Gasteiger partial charge on any atom is 0.155 e. The molecule has 0 saturated carbocycles. The molecule has 0 saturated heterocycles. The second-order valence-corrected chi connectivity index (χ2v) is 4.29. The van der Waals surface area contributed by atoms with Crippen LogP contribution in [0.3, 0.4) is 0 Å². The van der Waals surface area contributed by atoms with Crippen LogP contribution in [0, 0.1) is 0 Å². The predicted octanol–water partition coefficient (Wildman–Crippen LogP) is 4.03. The van der Waals surface area contributed by atoms with Gasteiger partial charge in [0.05, 0.1) is 0 Å². The van der Waals surface area contributed by atoms with Crippen LogP contribution in [-0.2, 0) is 4.79 Å². The van der Waals surface area contributed by atoms with Crippen molar-refractivity contribution in [2.75, 3.05) is 0 Å². The Morgan fingerprint density at radius 2 is 1.93 bits per heavy atom. The Kier molecular flexibility index (Phi) is 5.58. The largest absolute Gasteiger partial charge is 0.295 e. The Morgan fingerprint density at radius 3 is 2.71 bits per heavy atom. The normalized spacial score (nSPS) is 17.8. The molecule has 80 valence electrons. The van der Waals surface area contributed by atoms with Crippen molar-refractivity contribution in [1.29, 1.82) is 0 Å². The molecule has 0 unspecified atom stereocenters. The molecule has 0 amide bonds. The highest BCUT2D eigenvalue weighted by Gasteiger charge is 2.07. The Hall–Kier alpha value is -0.590. The minimum Gasteiger partial charge on any atom is -0.295 e. The van der Waals surface area contributed by atoms with Crippen molar-refractivity contribution in [2.45, 2.75) is 64.7 Å². The predicted molar refractivity (Wildman–Crippen MR) is 60.3 cm³/mol. The average Bonchev–Trinajstić information content (AvgIpc) is 2.38. The smallest absolute Gasteiger partial charge is 0.155 e. The van der Waals surface area contributed by atoms with Crippen LogP contribution in [-0.4, -0.2) is 5.78 Å². The Bertz CT molecular complexity index is 203. The van der Waals surface area contributed by atoms with E-state index < -0.39 is 0 Å². The van der Waals surface area contributed by atoms with Crippen molar-refractivity contribution in [3.05, 3.63) is 11.6 Å². The second-order valence-electron chi connectivity index (χ2n) is 4.29. The van der Waals surface area contributed by atoms with Crippen molar-refractivity contribution in [3.8, 4) is 0 Å². The lowest BCUT2D eigenvalue weighted by atomic mass is 10.0. The molecule has 0 heterocycles. The molecule has 1 aliphatic rings. The zero-order chi connectivity index (χ0) is 10.2. The van der Waals surface area contributed by atoms with E-state index in [9.17, 15) is 4.79 Å². The first-order valence-corrected chi connectivity index (χ1v) is 6.05. The summed E-state index contributed by atoms with van der Waals surface area (Å²) in [7, 11) is 0. The van der Waals surface area contributed by atoms with E-state index in [1.54, 1.807) is 0 Å². The van der Waals surface area contributed by atoms with Gasteiger partial charge in [-0.25, -0.2) is 0 Å². The zero-order valence-electron chi connectivity index (χ0n) is 9.35. The number of carbonyl (C=O) groups is 1. The summed E-state index contributed by atoms with van der Waals surface area (Å²) < 4.78 is 0. The van der Waals surface area contributed by atoms with Gasteiger partial charge in [0, 0.05) is 6.42 Å². The first kappa shape index (κ1) is 11.5. The number of hydrogen-bond acceptors (Lipinski definition) is 1. The number of rotatable bonds is 5. The summed E-state index contributed by atoms with van der Waals surface area (Å²) >= 11 is 0. The standard InChI is InChI=1S/C13H22O/c1-2-3-4-5-8-12-9-6-7-10-13(14)11-12/h11H,2-10H2,1H3. The molecular weight excluding hydrogens is 172 g/mol. The van der Waals surface area contributed by atoms with Crippen LogP contribution in [0.1, 0.15) is 64.7 Å². The van der Waals surface area contributed by atoms with Gasteiger partial charge < -0.3 is 0 Å². The van der Waals surface area contributed by atoms with Crippen molar-refractivity contribution < 1.29 is 4.79 Å². The Morgan fingerprint density at radius 1 is 1.14 bits per heavy atom. The first-order chi connectivity index (χ1) is 6.83. The Labute approximate surface area is 87.6 Å². The lowest BCUT2D eigenvalue weighted by Crippen LogP contribution is -1.90. The summed E-state index contributed by atoms with van der Waals surface area (Å²) in [5, 5.41) is 0. The molecule has 0 aromatic rings. The summed E-state index contributed by atoms with van der Waals surface area (Å²) in [6.07, 6.45) is 12.5. The zero-order valence-corrected chi connectivity index (χ0v) is 9.35. The van der Waals surface area contributed by atoms with Gasteiger partial charge in [-0.05, 0) is 38.2 Å². The second kappa shape index (κ2) is 6.80. The Balaban J connectivity index is 2.24. The molecule has 0 bridgehead atoms. The molecule has 0 atom stereocenters. The van der Waals surface area contributed by atoms with Gasteiger partial charge in [0.1, 0.15) is 0 Å². The molecule has 1 heteroatoms. The van der Waals surface area contributed by atoms with E-state index in [0.29, 0.717) is 5.78 Å². The lowest BCUT2D eigenvalue weighted by Gasteiger charge is -2.03. The van der Waals surface area contributed by atoms with Crippen LogP contribution in [0.15, 0.2) is 11.6 Å². The summed E-state index contributed by atoms with van der Waals surface area (Å²) in [5.74, 6) is 0.355. The third kappa shape index (κ3) is 4.59. The molecule has 1 aliphatic carbocycles. The molecule has 14 heavy (non-hydrogen) atoms. The van der Waals surface area contributed by atoms with Crippen LogP contribution in [0.2, 0.25) is 0 Å². The summed E-state index contributed by atoms with van der Waals surface area (Å²) in [6.45, 7) is 2.23. The number of carbonyl (C=O) groups excluding carboxylic acids is 1. The van der Waals surface area contributed by atoms with E-state index in [4.69, 9.17) is 0 Å². The maximum absolute atomic E-state index is 11.3. The highest BCUT2D eigenvalue weighted by Crippen LogP contribution is 2.20. The van der Waals surface area contributed by atoms with Gasteiger partial charge >= 0.3 is 0 Å². The average molecular weight is 194 g/mol. The first-order valence-electron chi connectivity index (χ1n) is 6.05. The van der Waals surface area contributed by atoms with E-state index in [1.165, 1.54) is 37.7 Å². The van der Waals surface area contributed by atoms with Gasteiger partial charge in [-0.1, -0.05) is 31.8 Å². The van der Waals surface area contributed by atoms with E-state index in [2.05, 4.69) is 6.92 Å². The van der Waals surface area contributed by atoms with E-state index >= 15 is 0 Å². The van der Waals surface area contributed by atoms with Crippen LogP contribution in [0.4, 0.5) is 0 Å². The highest BCUT2D eigenvalue weighted by molar-refractivity contribution is 5.90. The van der Waals surface area contributed by atoms with E-state index in [0.717, 1.165) is 25.7 Å². The number of hydrogen-bond donors (Lipinski definition) is 0. The SMILES string of the molecule is CCCCCCC1=CC(=O)CCCC1. The van der Waals surface area contributed by atoms with Gasteiger partial charge in [0.15, 0.2) is 5.78 Å². The summed E-state index contributed by atoms with van der Waals surface area (Å²) in [5.41, 5.74) is 1.41. The molecular formula is C13H22O. The van der Waals surface area contributed by atoms with Gasteiger partial charge in [0.25, 0.3) is 0 Å². The monoisotopic (exact) mass is 194 g/mol. The maximum atomic E-state index is 11.3. The van der Waals surface area contributed by atoms with Crippen LogP contribution < -0.4 is 0 Å². The molecule has 0 N–H and O–H groups in total. The fourth-order valence-corrected chi connectivity index (χ4v) is 2.00. The summed E-state index contributed by atoms with van der Waals surface area (Å²) in [4.78, 5) is 11.3. The van der Waals surface area contributed by atoms with Crippen molar-refractivity contribution in [2.24, 2.45) is 0 Å². The van der Waals surface area contributed by atoms with Crippen molar-refractivity contribution in [1.82, 2.24) is 0 Å². The molecule has 1 rings (SSSR count). The topological polar surface area (TPSA) is 17.1 Å². The van der Waals surface area contributed by atoms with Crippen LogP contribution in [0.25, 0.3) is 0 Å². The fraction of sp³-hybridized carbons (Fsp3) is 0.769. The third-order valence-electron chi connectivity index (χ3n) is 2.89. The van der Waals surface area contributed by atoms with Crippen molar-refractivity contribution >= 4 is 5.78 Å². The number of unbranched alkanes of at least 4 members (excludes halogenated alkanes) is 3. The minimum atomic E-state index is 0.355. The molecule has 0 spiro atoms. The van der Waals surface area contributed by atoms with Gasteiger partial charge in [-0.2, -0.15) is 0 Å². The van der Waals surface area contributed by atoms with Crippen LogP contribution >= 0.6 is 0 Å². The summed E-state index contributed by atoms with van der Waals surface area (Å²) in [6, 6.07) is 0. The molecule has 1 nitrogen and oxygen atoms in total. The molecule has 0 fully saturated rings. The lowest BCUT2D eigenvalue weighted by molar-refractivity contribution is -0.114. The highest BCUT2D eigenvalue weighted by atomic mass is 16.1. The quantitative estimate of drug-likeness (QED) is 0.604.